The Hall–Kier alpha value is -3.29. The highest BCUT2D eigenvalue weighted by Crippen LogP contribution is 2.28. The van der Waals surface area contributed by atoms with Gasteiger partial charge in [-0.05, 0) is 37.1 Å². The fourth-order valence-electron chi connectivity index (χ4n) is 4.15. The molecule has 0 bridgehead atoms. The molecule has 31 heavy (non-hydrogen) atoms. The molecule has 4 rings (SSSR count). The Labute approximate surface area is 183 Å². The predicted molar refractivity (Wildman–Crippen MR) is 123 cm³/mol. The molecule has 3 amide bonds. The number of para-hydroxylation sites is 2. The minimum atomic E-state index is -0.278. The van der Waals surface area contributed by atoms with Gasteiger partial charge in [-0.25, -0.2) is 9.78 Å². The van der Waals surface area contributed by atoms with E-state index in [0.29, 0.717) is 26.1 Å². The molecule has 1 aromatic heterocycles. The number of amides is 3. The number of benzene rings is 1. The minimum Gasteiger partial charge on any atom is -0.370 e. The zero-order valence-corrected chi connectivity index (χ0v) is 17.8. The Morgan fingerprint density at radius 1 is 0.871 bits per heavy atom. The Bertz CT molecular complexity index is 877. The van der Waals surface area contributed by atoms with Gasteiger partial charge in [0.1, 0.15) is 5.82 Å². The SMILES string of the molecule is O=C(NCCC(=O)N1CCN(c2ccccn2)CC1)Nc1ccccc1N1CCCC1. The second kappa shape index (κ2) is 10.1. The number of carbonyl (C=O) groups excluding carboxylic acids is 2. The van der Waals surface area contributed by atoms with E-state index in [9.17, 15) is 9.59 Å². The minimum absolute atomic E-state index is 0.0680. The van der Waals surface area contributed by atoms with Crippen molar-refractivity contribution in [1.82, 2.24) is 15.2 Å². The summed E-state index contributed by atoms with van der Waals surface area (Å²) in [6, 6.07) is 13.4. The highest BCUT2D eigenvalue weighted by Gasteiger charge is 2.22. The van der Waals surface area contributed by atoms with Gasteiger partial charge in [0.25, 0.3) is 0 Å². The number of urea groups is 1. The Morgan fingerprint density at radius 2 is 1.61 bits per heavy atom. The number of rotatable bonds is 6. The standard InChI is InChI=1S/C23H30N6O2/c30-22(29-17-15-28(16-18-29)21-9-3-4-11-24-21)10-12-25-23(31)26-19-7-1-2-8-20(19)27-13-5-6-14-27/h1-4,7-9,11H,5-6,10,12-18H2,(H2,25,26,31). The molecule has 0 saturated carbocycles. The van der Waals surface area contributed by atoms with E-state index in [0.717, 1.165) is 43.4 Å². The number of nitrogens with one attached hydrogen (secondary N) is 2. The molecule has 2 aromatic rings. The average molecular weight is 423 g/mol. The van der Waals surface area contributed by atoms with Crippen LogP contribution in [0.4, 0.5) is 22.0 Å². The lowest BCUT2D eigenvalue weighted by molar-refractivity contribution is -0.131. The van der Waals surface area contributed by atoms with Crippen LogP contribution in [0.5, 0.6) is 0 Å². The summed E-state index contributed by atoms with van der Waals surface area (Å²) in [7, 11) is 0. The summed E-state index contributed by atoms with van der Waals surface area (Å²) in [6.07, 6.45) is 4.44. The summed E-state index contributed by atoms with van der Waals surface area (Å²) in [5.41, 5.74) is 1.86. The molecule has 0 unspecified atom stereocenters. The number of piperazine rings is 1. The topological polar surface area (TPSA) is 80.8 Å². The Kier molecular flexibility index (Phi) is 6.86. The van der Waals surface area contributed by atoms with E-state index >= 15 is 0 Å². The molecule has 2 aliphatic rings. The first-order valence-electron chi connectivity index (χ1n) is 11.0. The third-order valence-corrected chi connectivity index (χ3v) is 5.83. The number of anilines is 3. The molecule has 8 heteroatoms. The first-order valence-corrected chi connectivity index (χ1v) is 11.0. The van der Waals surface area contributed by atoms with Gasteiger partial charge < -0.3 is 25.3 Å². The number of hydrogen-bond donors (Lipinski definition) is 2. The van der Waals surface area contributed by atoms with Crippen molar-refractivity contribution in [3.05, 3.63) is 48.7 Å². The summed E-state index contributed by atoms with van der Waals surface area (Å²) >= 11 is 0. The molecular formula is C23H30N6O2. The number of pyridine rings is 1. The lowest BCUT2D eigenvalue weighted by Crippen LogP contribution is -2.49. The Morgan fingerprint density at radius 3 is 2.35 bits per heavy atom. The smallest absolute Gasteiger partial charge is 0.319 e. The molecule has 1 aromatic carbocycles. The van der Waals surface area contributed by atoms with E-state index in [2.05, 4.69) is 25.4 Å². The van der Waals surface area contributed by atoms with Crippen LogP contribution in [0.25, 0.3) is 0 Å². The van der Waals surface area contributed by atoms with Crippen molar-refractivity contribution in [1.29, 1.82) is 0 Å². The van der Waals surface area contributed by atoms with Gasteiger partial charge in [0.05, 0.1) is 11.4 Å². The highest BCUT2D eigenvalue weighted by atomic mass is 16.2. The van der Waals surface area contributed by atoms with Crippen LogP contribution in [0.15, 0.2) is 48.7 Å². The van der Waals surface area contributed by atoms with Crippen molar-refractivity contribution in [3.8, 4) is 0 Å². The summed E-state index contributed by atoms with van der Waals surface area (Å²) in [5, 5.41) is 5.75. The average Bonchev–Trinajstić information content (AvgIpc) is 3.35. The number of nitrogens with zero attached hydrogens (tertiary/aromatic N) is 4. The molecule has 0 atom stereocenters. The van der Waals surface area contributed by atoms with Gasteiger partial charge in [-0.1, -0.05) is 18.2 Å². The second-order valence-electron chi connectivity index (χ2n) is 7.90. The molecule has 8 nitrogen and oxygen atoms in total. The first-order chi connectivity index (χ1) is 15.2. The van der Waals surface area contributed by atoms with Crippen LogP contribution in [0, 0.1) is 0 Å². The van der Waals surface area contributed by atoms with E-state index in [1.54, 1.807) is 6.20 Å². The first kappa shape index (κ1) is 21.0. The van der Waals surface area contributed by atoms with E-state index in [-0.39, 0.29) is 11.9 Å². The molecule has 0 spiro atoms. The maximum atomic E-state index is 12.5. The predicted octanol–water partition coefficient (Wildman–Crippen LogP) is 2.54. The zero-order chi connectivity index (χ0) is 21.5. The van der Waals surface area contributed by atoms with Gasteiger partial charge in [0.2, 0.25) is 5.91 Å². The summed E-state index contributed by atoms with van der Waals surface area (Å²) < 4.78 is 0. The van der Waals surface area contributed by atoms with Crippen molar-refractivity contribution in [2.24, 2.45) is 0 Å². The number of aromatic nitrogens is 1. The largest absolute Gasteiger partial charge is 0.370 e. The maximum absolute atomic E-state index is 12.5. The molecule has 0 aliphatic carbocycles. The zero-order valence-electron chi connectivity index (χ0n) is 17.8. The molecule has 2 fully saturated rings. The van der Waals surface area contributed by atoms with E-state index < -0.39 is 0 Å². The van der Waals surface area contributed by atoms with Gasteiger partial charge >= 0.3 is 6.03 Å². The Balaban J connectivity index is 1.19. The molecular weight excluding hydrogens is 392 g/mol. The highest BCUT2D eigenvalue weighted by molar-refractivity contribution is 5.93. The molecule has 3 heterocycles. The van der Waals surface area contributed by atoms with Crippen molar-refractivity contribution in [2.45, 2.75) is 19.3 Å². The van der Waals surface area contributed by atoms with Crippen LogP contribution in [0.2, 0.25) is 0 Å². The lowest BCUT2D eigenvalue weighted by Gasteiger charge is -2.35. The summed E-state index contributed by atoms with van der Waals surface area (Å²) in [6.45, 7) is 5.23. The van der Waals surface area contributed by atoms with Gasteiger partial charge in [0, 0.05) is 58.4 Å². The van der Waals surface area contributed by atoms with Crippen LogP contribution < -0.4 is 20.4 Å². The number of hydrogen-bond acceptors (Lipinski definition) is 5. The summed E-state index contributed by atoms with van der Waals surface area (Å²) in [5.74, 6) is 1.01. The van der Waals surface area contributed by atoms with Crippen LogP contribution in [-0.4, -0.2) is 67.6 Å². The lowest BCUT2D eigenvalue weighted by atomic mass is 10.2. The van der Waals surface area contributed by atoms with Crippen molar-refractivity contribution in [3.63, 3.8) is 0 Å². The van der Waals surface area contributed by atoms with E-state index in [1.165, 1.54) is 12.8 Å². The molecule has 0 radical (unpaired) electrons. The second-order valence-corrected chi connectivity index (χ2v) is 7.90. The third kappa shape index (κ3) is 5.45. The van der Waals surface area contributed by atoms with Crippen LogP contribution in [0.3, 0.4) is 0 Å². The van der Waals surface area contributed by atoms with Crippen molar-refractivity contribution < 1.29 is 9.59 Å². The fraction of sp³-hybridized carbons (Fsp3) is 0.435. The van der Waals surface area contributed by atoms with Gasteiger partial charge in [-0.2, -0.15) is 0 Å². The summed E-state index contributed by atoms with van der Waals surface area (Å²) in [4.78, 5) is 35.6. The van der Waals surface area contributed by atoms with Crippen LogP contribution in [0.1, 0.15) is 19.3 Å². The quantitative estimate of drug-likeness (QED) is 0.748. The van der Waals surface area contributed by atoms with Gasteiger partial charge in [-0.15, -0.1) is 0 Å². The fourth-order valence-corrected chi connectivity index (χ4v) is 4.15. The molecule has 2 aliphatic heterocycles. The third-order valence-electron chi connectivity index (χ3n) is 5.83. The molecule has 2 N–H and O–H groups in total. The molecule has 2 saturated heterocycles. The van der Waals surface area contributed by atoms with Crippen LogP contribution >= 0.6 is 0 Å². The van der Waals surface area contributed by atoms with E-state index in [1.807, 2.05) is 47.4 Å². The van der Waals surface area contributed by atoms with Gasteiger partial charge in [0.15, 0.2) is 0 Å². The normalized spacial score (nSPS) is 16.3. The maximum Gasteiger partial charge on any atom is 0.319 e. The van der Waals surface area contributed by atoms with Crippen molar-refractivity contribution >= 4 is 29.1 Å². The molecule has 164 valence electrons. The van der Waals surface area contributed by atoms with Crippen molar-refractivity contribution in [2.75, 3.05) is 60.9 Å². The van der Waals surface area contributed by atoms with Crippen LogP contribution in [-0.2, 0) is 4.79 Å². The van der Waals surface area contributed by atoms with E-state index in [4.69, 9.17) is 0 Å². The van der Waals surface area contributed by atoms with Gasteiger partial charge in [-0.3, -0.25) is 4.79 Å². The number of carbonyl (C=O) groups is 2. The monoisotopic (exact) mass is 422 g/mol.